The van der Waals surface area contributed by atoms with Gasteiger partial charge in [0.25, 0.3) is 0 Å². The van der Waals surface area contributed by atoms with Gasteiger partial charge in [0.1, 0.15) is 5.82 Å². The predicted molar refractivity (Wildman–Crippen MR) is 60.2 cm³/mol. The molecule has 0 spiro atoms. The summed E-state index contributed by atoms with van der Waals surface area (Å²) in [4.78, 5) is 5.72. The molecule has 1 fully saturated rings. The Labute approximate surface area is 103 Å². The van der Waals surface area contributed by atoms with Crippen molar-refractivity contribution in [1.82, 2.24) is 4.98 Å². The number of anilines is 1. The molecule has 0 amide bonds. The van der Waals surface area contributed by atoms with Gasteiger partial charge in [-0.25, -0.2) is 4.98 Å². The number of hydrogen-bond donors (Lipinski definition) is 1. The minimum Gasteiger partial charge on any atom is -0.373 e. The van der Waals surface area contributed by atoms with E-state index in [1.807, 2.05) is 4.90 Å². The predicted octanol–water partition coefficient (Wildman–Crippen LogP) is 1.26. The van der Waals surface area contributed by atoms with Gasteiger partial charge in [-0.05, 0) is 12.1 Å². The summed E-state index contributed by atoms with van der Waals surface area (Å²) in [5.41, 5.74) is 4.76. The fourth-order valence-electron chi connectivity index (χ4n) is 1.81. The van der Waals surface area contributed by atoms with Crippen LogP contribution in [-0.2, 0) is 10.9 Å². The van der Waals surface area contributed by atoms with E-state index < -0.39 is 11.7 Å². The summed E-state index contributed by atoms with van der Waals surface area (Å²) in [5.74, 6) is 0.518. The Morgan fingerprint density at radius 2 is 2.22 bits per heavy atom. The van der Waals surface area contributed by atoms with E-state index in [2.05, 4.69) is 4.98 Å². The lowest BCUT2D eigenvalue weighted by molar-refractivity contribution is -0.137. The van der Waals surface area contributed by atoms with Crippen LogP contribution in [0.5, 0.6) is 0 Å². The number of halogens is 3. The maximum absolute atomic E-state index is 12.4. The van der Waals surface area contributed by atoms with Crippen LogP contribution >= 0.6 is 0 Å². The molecule has 0 aromatic carbocycles. The van der Waals surface area contributed by atoms with Gasteiger partial charge in [-0.2, -0.15) is 13.2 Å². The number of pyridine rings is 1. The van der Waals surface area contributed by atoms with Gasteiger partial charge in [0.2, 0.25) is 0 Å². The molecular formula is C11H14F3N3O. The van der Waals surface area contributed by atoms with Crippen LogP contribution in [0.15, 0.2) is 18.3 Å². The number of nitrogens with zero attached hydrogens (tertiary/aromatic N) is 2. The van der Waals surface area contributed by atoms with Crippen molar-refractivity contribution in [2.24, 2.45) is 5.73 Å². The van der Waals surface area contributed by atoms with Crippen molar-refractivity contribution in [3.8, 4) is 0 Å². The first-order valence-electron chi connectivity index (χ1n) is 5.60. The second kappa shape index (κ2) is 5.11. The van der Waals surface area contributed by atoms with Gasteiger partial charge in [0.05, 0.1) is 18.3 Å². The third-order valence-corrected chi connectivity index (χ3v) is 2.80. The minimum atomic E-state index is -4.35. The molecule has 4 nitrogen and oxygen atoms in total. The largest absolute Gasteiger partial charge is 0.417 e. The van der Waals surface area contributed by atoms with Crippen LogP contribution < -0.4 is 10.6 Å². The lowest BCUT2D eigenvalue weighted by Gasteiger charge is -2.33. The van der Waals surface area contributed by atoms with Gasteiger partial charge in [-0.1, -0.05) is 0 Å². The summed E-state index contributed by atoms with van der Waals surface area (Å²) < 4.78 is 42.5. The molecule has 1 aromatic heterocycles. The maximum Gasteiger partial charge on any atom is 0.417 e. The van der Waals surface area contributed by atoms with E-state index in [1.54, 1.807) is 0 Å². The van der Waals surface area contributed by atoms with Gasteiger partial charge in [0, 0.05) is 25.8 Å². The molecule has 100 valence electrons. The van der Waals surface area contributed by atoms with E-state index in [0.29, 0.717) is 32.1 Å². The molecule has 1 saturated heterocycles. The van der Waals surface area contributed by atoms with Crippen LogP contribution in [0.4, 0.5) is 19.0 Å². The third-order valence-electron chi connectivity index (χ3n) is 2.80. The number of rotatable bonds is 2. The SMILES string of the molecule is NCC1CN(c2ccc(C(F)(F)F)cn2)CCO1. The first-order valence-corrected chi connectivity index (χ1v) is 5.60. The van der Waals surface area contributed by atoms with Gasteiger partial charge in [-0.15, -0.1) is 0 Å². The topological polar surface area (TPSA) is 51.4 Å². The number of aromatic nitrogens is 1. The Balaban J connectivity index is 2.09. The molecule has 0 bridgehead atoms. The number of morpholine rings is 1. The van der Waals surface area contributed by atoms with Gasteiger partial charge in [-0.3, -0.25) is 0 Å². The first-order chi connectivity index (χ1) is 8.50. The van der Waals surface area contributed by atoms with Crippen LogP contribution in [0.25, 0.3) is 0 Å². The molecule has 2 rings (SSSR count). The van der Waals surface area contributed by atoms with Crippen molar-refractivity contribution in [2.45, 2.75) is 12.3 Å². The highest BCUT2D eigenvalue weighted by Gasteiger charge is 2.31. The van der Waals surface area contributed by atoms with Gasteiger partial charge >= 0.3 is 6.18 Å². The molecule has 1 atom stereocenters. The highest BCUT2D eigenvalue weighted by atomic mass is 19.4. The molecule has 0 radical (unpaired) electrons. The Morgan fingerprint density at radius 1 is 1.44 bits per heavy atom. The molecule has 7 heteroatoms. The van der Waals surface area contributed by atoms with Gasteiger partial charge < -0.3 is 15.4 Å². The Kier molecular flexibility index (Phi) is 3.72. The van der Waals surface area contributed by atoms with Gasteiger partial charge in [0.15, 0.2) is 0 Å². The second-order valence-electron chi connectivity index (χ2n) is 4.08. The van der Waals surface area contributed by atoms with Crippen LogP contribution in [-0.4, -0.2) is 37.3 Å². The van der Waals surface area contributed by atoms with Crippen molar-refractivity contribution in [3.63, 3.8) is 0 Å². The lowest BCUT2D eigenvalue weighted by atomic mass is 10.2. The molecule has 18 heavy (non-hydrogen) atoms. The van der Waals surface area contributed by atoms with E-state index in [-0.39, 0.29) is 6.10 Å². The van der Waals surface area contributed by atoms with E-state index >= 15 is 0 Å². The summed E-state index contributed by atoms with van der Waals surface area (Å²) in [5, 5.41) is 0. The zero-order valence-electron chi connectivity index (χ0n) is 9.65. The molecule has 2 heterocycles. The van der Waals surface area contributed by atoms with E-state index in [9.17, 15) is 13.2 Å². The normalized spacial score (nSPS) is 21.1. The summed E-state index contributed by atoms with van der Waals surface area (Å²) in [6, 6.07) is 2.41. The second-order valence-corrected chi connectivity index (χ2v) is 4.08. The molecular weight excluding hydrogens is 247 g/mol. The zero-order chi connectivity index (χ0) is 13.2. The first kappa shape index (κ1) is 13.1. The Hall–Kier alpha value is -1.34. The zero-order valence-corrected chi connectivity index (χ0v) is 9.65. The standard InChI is InChI=1S/C11H14F3N3O/c12-11(13,14)8-1-2-10(16-6-8)17-3-4-18-9(5-15)7-17/h1-2,6,9H,3-5,7,15H2. The van der Waals surface area contributed by atoms with Crippen molar-refractivity contribution < 1.29 is 17.9 Å². The molecule has 1 aliphatic rings. The average Bonchev–Trinajstić information content (AvgIpc) is 2.38. The molecule has 0 saturated carbocycles. The number of ether oxygens (including phenoxy) is 1. The Morgan fingerprint density at radius 3 is 2.78 bits per heavy atom. The molecule has 2 N–H and O–H groups in total. The van der Waals surface area contributed by atoms with Crippen LogP contribution in [0.2, 0.25) is 0 Å². The fraction of sp³-hybridized carbons (Fsp3) is 0.545. The monoisotopic (exact) mass is 261 g/mol. The van der Waals surface area contributed by atoms with E-state index in [4.69, 9.17) is 10.5 Å². The molecule has 0 aliphatic carbocycles. The highest BCUT2D eigenvalue weighted by Crippen LogP contribution is 2.29. The van der Waals surface area contributed by atoms with E-state index in [1.165, 1.54) is 6.07 Å². The van der Waals surface area contributed by atoms with Crippen LogP contribution in [0.3, 0.4) is 0 Å². The van der Waals surface area contributed by atoms with Crippen molar-refractivity contribution >= 4 is 5.82 Å². The maximum atomic E-state index is 12.4. The van der Waals surface area contributed by atoms with Crippen molar-refractivity contribution in [1.29, 1.82) is 0 Å². The fourth-order valence-corrected chi connectivity index (χ4v) is 1.81. The van der Waals surface area contributed by atoms with Crippen LogP contribution in [0.1, 0.15) is 5.56 Å². The molecule has 1 aromatic rings. The average molecular weight is 261 g/mol. The van der Waals surface area contributed by atoms with Crippen LogP contribution in [0, 0.1) is 0 Å². The van der Waals surface area contributed by atoms with E-state index in [0.717, 1.165) is 12.3 Å². The number of hydrogen-bond acceptors (Lipinski definition) is 4. The quantitative estimate of drug-likeness (QED) is 0.871. The summed E-state index contributed by atoms with van der Waals surface area (Å²) >= 11 is 0. The lowest BCUT2D eigenvalue weighted by Crippen LogP contribution is -2.46. The minimum absolute atomic E-state index is 0.0946. The number of alkyl halides is 3. The number of nitrogens with two attached hydrogens (primary N) is 1. The third kappa shape index (κ3) is 2.91. The van der Waals surface area contributed by atoms with Crippen molar-refractivity contribution in [3.05, 3.63) is 23.9 Å². The molecule has 1 aliphatic heterocycles. The highest BCUT2D eigenvalue weighted by molar-refractivity contribution is 5.40. The summed E-state index contributed by atoms with van der Waals surface area (Å²) in [6.07, 6.45) is -3.60. The summed E-state index contributed by atoms with van der Waals surface area (Å²) in [7, 11) is 0. The molecule has 1 unspecified atom stereocenters. The van der Waals surface area contributed by atoms with Crippen molar-refractivity contribution in [2.75, 3.05) is 31.1 Å². The smallest absolute Gasteiger partial charge is 0.373 e. The Bertz CT molecular complexity index is 394. The summed E-state index contributed by atoms with van der Waals surface area (Å²) in [6.45, 7) is 2.05.